The normalized spacial score (nSPS) is 10.2. The Labute approximate surface area is 86.2 Å². The molecule has 0 aliphatic heterocycles. The zero-order chi connectivity index (χ0) is 10.8. The van der Waals surface area contributed by atoms with Crippen molar-refractivity contribution in [3.63, 3.8) is 0 Å². The molecular weight excluding hydrogens is 195 g/mol. The van der Waals surface area contributed by atoms with Gasteiger partial charge in [-0.1, -0.05) is 12.1 Å². The summed E-state index contributed by atoms with van der Waals surface area (Å²) >= 11 is 0. The van der Waals surface area contributed by atoms with Crippen molar-refractivity contribution in [2.45, 2.75) is 0 Å². The van der Waals surface area contributed by atoms with E-state index in [1.54, 1.807) is 12.1 Å². The lowest BCUT2D eigenvalue weighted by molar-refractivity contribution is 0.451. The SMILES string of the molecule is Oc1cc(O)cc(-c2ccc(F)cc2)c1. The van der Waals surface area contributed by atoms with Crippen LogP contribution in [0, 0.1) is 5.82 Å². The van der Waals surface area contributed by atoms with Gasteiger partial charge in [0.25, 0.3) is 0 Å². The summed E-state index contributed by atoms with van der Waals surface area (Å²) in [5.41, 5.74) is 1.38. The van der Waals surface area contributed by atoms with Crippen molar-refractivity contribution in [3.05, 3.63) is 48.3 Å². The van der Waals surface area contributed by atoms with Crippen molar-refractivity contribution < 1.29 is 14.6 Å². The number of phenols is 2. The molecule has 0 unspecified atom stereocenters. The highest BCUT2D eigenvalue weighted by atomic mass is 19.1. The van der Waals surface area contributed by atoms with Crippen LogP contribution in [0.3, 0.4) is 0 Å². The van der Waals surface area contributed by atoms with Gasteiger partial charge in [0.15, 0.2) is 0 Å². The van der Waals surface area contributed by atoms with Crippen LogP contribution >= 0.6 is 0 Å². The van der Waals surface area contributed by atoms with E-state index in [0.717, 1.165) is 5.56 Å². The number of halogens is 1. The van der Waals surface area contributed by atoms with Crippen LogP contribution in [0.1, 0.15) is 0 Å². The van der Waals surface area contributed by atoms with Gasteiger partial charge in [-0.25, -0.2) is 4.39 Å². The molecule has 0 bridgehead atoms. The van der Waals surface area contributed by atoms with Crippen LogP contribution < -0.4 is 0 Å². The predicted octanol–water partition coefficient (Wildman–Crippen LogP) is 2.90. The summed E-state index contributed by atoms with van der Waals surface area (Å²) in [6.07, 6.45) is 0. The Morgan fingerprint density at radius 1 is 0.733 bits per heavy atom. The van der Waals surface area contributed by atoms with Gasteiger partial charge >= 0.3 is 0 Å². The molecule has 0 heterocycles. The van der Waals surface area contributed by atoms with Crippen LogP contribution in [-0.2, 0) is 0 Å². The number of benzene rings is 2. The first kappa shape index (κ1) is 9.52. The molecule has 2 rings (SSSR count). The third-order valence-corrected chi connectivity index (χ3v) is 2.08. The summed E-state index contributed by atoms with van der Waals surface area (Å²) in [6.45, 7) is 0. The average Bonchev–Trinajstić information content (AvgIpc) is 2.17. The summed E-state index contributed by atoms with van der Waals surface area (Å²) in [7, 11) is 0. The lowest BCUT2D eigenvalue weighted by Gasteiger charge is -2.03. The Balaban J connectivity index is 2.49. The maximum Gasteiger partial charge on any atom is 0.123 e. The molecule has 2 N–H and O–H groups in total. The second-order valence-corrected chi connectivity index (χ2v) is 3.24. The smallest absolute Gasteiger partial charge is 0.123 e. The number of aromatic hydroxyl groups is 2. The summed E-state index contributed by atoms with van der Waals surface area (Å²) in [6, 6.07) is 10.1. The lowest BCUT2D eigenvalue weighted by atomic mass is 10.1. The molecule has 0 aromatic heterocycles. The Bertz CT molecular complexity index is 457. The molecule has 0 fully saturated rings. The van der Waals surface area contributed by atoms with Crippen molar-refractivity contribution in [2.24, 2.45) is 0 Å². The average molecular weight is 204 g/mol. The largest absolute Gasteiger partial charge is 0.508 e. The number of phenolic OH excluding ortho intramolecular Hbond substituents is 2. The topological polar surface area (TPSA) is 40.5 Å². The maximum atomic E-state index is 12.7. The molecule has 2 aromatic rings. The minimum Gasteiger partial charge on any atom is -0.508 e. The van der Waals surface area contributed by atoms with Crippen molar-refractivity contribution in [3.8, 4) is 22.6 Å². The standard InChI is InChI=1S/C12H9FO2/c13-10-3-1-8(2-4-10)9-5-11(14)7-12(15)6-9/h1-7,14-15H. The molecule has 15 heavy (non-hydrogen) atoms. The fraction of sp³-hybridized carbons (Fsp3) is 0. The third-order valence-electron chi connectivity index (χ3n) is 2.08. The molecule has 0 radical (unpaired) electrons. The fourth-order valence-corrected chi connectivity index (χ4v) is 1.40. The second kappa shape index (κ2) is 3.61. The van der Waals surface area contributed by atoms with E-state index in [4.69, 9.17) is 0 Å². The van der Waals surface area contributed by atoms with Gasteiger partial charge in [-0.05, 0) is 35.4 Å². The zero-order valence-corrected chi connectivity index (χ0v) is 7.81. The van der Waals surface area contributed by atoms with Gasteiger partial charge in [-0.15, -0.1) is 0 Å². The highest BCUT2D eigenvalue weighted by molar-refractivity contribution is 5.66. The molecule has 0 saturated heterocycles. The van der Waals surface area contributed by atoms with E-state index < -0.39 is 0 Å². The molecule has 3 heteroatoms. The molecule has 2 aromatic carbocycles. The van der Waals surface area contributed by atoms with E-state index in [1.165, 1.54) is 30.3 Å². The number of rotatable bonds is 1. The molecule has 0 aliphatic carbocycles. The van der Waals surface area contributed by atoms with Gasteiger partial charge in [0, 0.05) is 6.07 Å². The van der Waals surface area contributed by atoms with E-state index >= 15 is 0 Å². The van der Waals surface area contributed by atoms with Gasteiger partial charge in [0.2, 0.25) is 0 Å². The van der Waals surface area contributed by atoms with Crippen LogP contribution in [0.25, 0.3) is 11.1 Å². The Hall–Kier alpha value is -2.03. The highest BCUT2D eigenvalue weighted by Gasteiger charge is 2.01. The second-order valence-electron chi connectivity index (χ2n) is 3.24. The minimum atomic E-state index is -0.317. The van der Waals surface area contributed by atoms with E-state index in [1.807, 2.05) is 0 Å². The summed E-state index contributed by atoms with van der Waals surface area (Å²) in [5, 5.41) is 18.6. The summed E-state index contributed by atoms with van der Waals surface area (Å²) < 4.78 is 12.7. The fourth-order valence-electron chi connectivity index (χ4n) is 1.40. The summed E-state index contributed by atoms with van der Waals surface area (Å²) in [5.74, 6) is -0.355. The Morgan fingerprint density at radius 2 is 1.27 bits per heavy atom. The van der Waals surface area contributed by atoms with Gasteiger partial charge in [-0.3, -0.25) is 0 Å². The van der Waals surface area contributed by atoms with Crippen LogP contribution in [-0.4, -0.2) is 10.2 Å². The minimum absolute atomic E-state index is 0.0191. The summed E-state index contributed by atoms with van der Waals surface area (Å²) in [4.78, 5) is 0. The van der Waals surface area contributed by atoms with Crippen molar-refractivity contribution in [1.82, 2.24) is 0 Å². The van der Waals surface area contributed by atoms with Gasteiger partial charge < -0.3 is 10.2 Å². The Morgan fingerprint density at radius 3 is 1.80 bits per heavy atom. The lowest BCUT2D eigenvalue weighted by Crippen LogP contribution is -1.79. The quantitative estimate of drug-likeness (QED) is 0.749. The van der Waals surface area contributed by atoms with E-state index in [2.05, 4.69) is 0 Å². The number of hydrogen-bond donors (Lipinski definition) is 2. The molecular formula is C12H9FO2. The van der Waals surface area contributed by atoms with Gasteiger partial charge in [0.05, 0.1) is 0 Å². The molecule has 2 nitrogen and oxygen atoms in total. The van der Waals surface area contributed by atoms with Crippen LogP contribution in [0.5, 0.6) is 11.5 Å². The van der Waals surface area contributed by atoms with Gasteiger partial charge in [-0.2, -0.15) is 0 Å². The molecule has 0 atom stereocenters. The van der Waals surface area contributed by atoms with Gasteiger partial charge in [0.1, 0.15) is 17.3 Å². The molecule has 0 aliphatic rings. The first-order valence-corrected chi connectivity index (χ1v) is 4.44. The van der Waals surface area contributed by atoms with Crippen LogP contribution in [0.2, 0.25) is 0 Å². The van der Waals surface area contributed by atoms with E-state index in [-0.39, 0.29) is 17.3 Å². The van der Waals surface area contributed by atoms with Crippen molar-refractivity contribution in [1.29, 1.82) is 0 Å². The monoisotopic (exact) mass is 204 g/mol. The Kier molecular flexibility index (Phi) is 2.29. The number of hydrogen-bond acceptors (Lipinski definition) is 2. The first-order chi connectivity index (χ1) is 7.15. The molecule has 76 valence electrons. The van der Waals surface area contributed by atoms with Crippen LogP contribution in [0.4, 0.5) is 4.39 Å². The molecule has 0 spiro atoms. The van der Waals surface area contributed by atoms with Crippen molar-refractivity contribution >= 4 is 0 Å². The third kappa shape index (κ3) is 2.07. The predicted molar refractivity (Wildman–Crippen MR) is 55.2 cm³/mol. The van der Waals surface area contributed by atoms with Crippen molar-refractivity contribution in [2.75, 3.05) is 0 Å². The molecule has 0 amide bonds. The van der Waals surface area contributed by atoms with E-state index in [9.17, 15) is 14.6 Å². The maximum absolute atomic E-state index is 12.7. The highest BCUT2D eigenvalue weighted by Crippen LogP contribution is 2.28. The van der Waals surface area contributed by atoms with E-state index in [0.29, 0.717) is 5.56 Å². The van der Waals surface area contributed by atoms with Crippen LogP contribution in [0.15, 0.2) is 42.5 Å². The first-order valence-electron chi connectivity index (χ1n) is 4.44. The molecule has 0 saturated carbocycles. The zero-order valence-electron chi connectivity index (χ0n) is 7.81.